The summed E-state index contributed by atoms with van der Waals surface area (Å²) in [7, 11) is 0. The van der Waals surface area contributed by atoms with Gasteiger partial charge in [0.05, 0.1) is 16.4 Å². The molecule has 0 bridgehead atoms. The van der Waals surface area contributed by atoms with Crippen LogP contribution in [0.1, 0.15) is 30.4 Å². The number of hydrogen-bond acceptors (Lipinski definition) is 5. The number of amides is 2. The molecule has 0 unspecified atom stereocenters. The van der Waals surface area contributed by atoms with E-state index < -0.39 is 17.8 Å². The average Bonchev–Trinajstić information content (AvgIpc) is 2.98. The second kappa shape index (κ2) is 5.98. The lowest BCUT2D eigenvalue weighted by molar-refractivity contribution is -0.255. The van der Waals surface area contributed by atoms with Crippen molar-refractivity contribution in [1.29, 1.82) is 0 Å². The van der Waals surface area contributed by atoms with Crippen molar-refractivity contribution in [2.75, 3.05) is 0 Å². The van der Waals surface area contributed by atoms with Crippen LogP contribution in [0.25, 0.3) is 0 Å². The van der Waals surface area contributed by atoms with Crippen LogP contribution in [0.5, 0.6) is 0 Å². The molecule has 2 aromatic rings. The monoisotopic (exact) mass is 289 g/mol. The summed E-state index contributed by atoms with van der Waals surface area (Å²) in [5.41, 5.74) is 4.04. The maximum absolute atomic E-state index is 11.8. The van der Waals surface area contributed by atoms with Gasteiger partial charge in [0.2, 0.25) is 0 Å². The Morgan fingerprint density at radius 1 is 0.900 bits per heavy atom. The molecule has 0 atom stereocenters. The smallest absolute Gasteiger partial charge is 0.279 e. The predicted molar refractivity (Wildman–Crippen MR) is 70.0 cm³/mol. The van der Waals surface area contributed by atoms with Crippen LogP contribution >= 0.6 is 11.3 Å². The Morgan fingerprint density at radius 3 is 2.15 bits per heavy atom. The highest BCUT2D eigenvalue weighted by Gasteiger charge is 2.13. The normalized spacial score (nSPS) is 9.80. The first-order valence-electron chi connectivity index (χ1n) is 5.54. The number of carbonyl (C=O) groups is 3. The first-order chi connectivity index (χ1) is 9.59. The number of hydrazine groups is 1. The van der Waals surface area contributed by atoms with Crippen LogP contribution in [-0.2, 0) is 0 Å². The molecule has 0 aliphatic carbocycles. The molecule has 2 amide bonds. The van der Waals surface area contributed by atoms with E-state index in [2.05, 4.69) is 10.9 Å². The Labute approximate surface area is 118 Å². The number of carboxylic acid groups (broad SMARTS) is 1. The van der Waals surface area contributed by atoms with Crippen LogP contribution < -0.4 is 16.0 Å². The lowest BCUT2D eigenvalue weighted by Crippen LogP contribution is -2.42. The molecule has 0 aliphatic rings. The van der Waals surface area contributed by atoms with Crippen LogP contribution in [0.4, 0.5) is 0 Å². The minimum atomic E-state index is -1.46. The summed E-state index contributed by atoms with van der Waals surface area (Å²) in [4.78, 5) is 34.8. The molecule has 1 aromatic heterocycles. The van der Waals surface area contributed by atoms with Gasteiger partial charge in [0.15, 0.2) is 0 Å². The van der Waals surface area contributed by atoms with Gasteiger partial charge in [0.1, 0.15) is 0 Å². The second-order valence-corrected chi connectivity index (χ2v) is 4.67. The number of carboxylic acids is 1. The van der Waals surface area contributed by atoms with Gasteiger partial charge in [-0.05, 0) is 17.5 Å². The molecule has 7 heteroatoms. The maximum atomic E-state index is 11.8. The molecule has 0 saturated carbocycles. The van der Waals surface area contributed by atoms with Crippen LogP contribution in [-0.4, -0.2) is 17.8 Å². The molecule has 2 rings (SSSR count). The predicted octanol–water partition coefficient (Wildman–Crippen LogP) is 0.186. The molecule has 102 valence electrons. The van der Waals surface area contributed by atoms with Crippen molar-refractivity contribution in [3.8, 4) is 0 Å². The van der Waals surface area contributed by atoms with Gasteiger partial charge in [0, 0.05) is 5.56 Å². The Kier molecular flexibility index (Phi) is 4.11. The van der Waals surface area contributed by atoms with E-state index in [4.69, 9.17) is 0 Å². The molecule has 6 nitrogen and oxygen atoms in total. The fourth-order valence-corrected chi connectivity index (χ4v) is 2.13. The number of rotatable bonds is 3. The van der Waals surface area contributed by atoms with Gasteiger partial charge in [-0.2, -0.15) is 0 Å². The SMILES string of the molecule is O=C(NNC(=O)c1ccccc1C(=O)[O-])c1cccs1. The van der Waals surface area contributed by atoms with Crippen molar-refractivity contribution in [2.24, 2.45) is 0 Å². The lowest BCUT2D eigenvalue weighted by Gasteiger charge is -2.10. The summed E-state index contributed by atoms with van der Waals surface area (Å²) in [6.45, 7) is 0. The number of thiophene rings is 1. The van der Waals surface area contributed by atoms with Gasteiger partial charge in [-0.25, -0.2) is 0 Å². The largest absolute Gasteiger partial charge is 0.545 e. The van der Waals surface area contributed by atoms with Crippen LogP contribution in [0, 0.1) is 0 Å². The Hall–Kier alpha value is -2.67. The van der Waals surface area contributed by atoms with E-state index in [-0.39, 0.29) is 11.1 Å². The van der Waals surface area contributed by atoms with E-state index in [1.807, 2.05) is 0 Å². The van der Waals surface area contributed by atoms with Crippen molar-refractivity contribution in [2.45, 2.75) is 0 Å². The Morgan fingerprint density at radius 2 is 1.55 bits per heavy atom. The third-order valence-corrected chi connectivity index (χ3v) is 3.29. The summed E-state index contributed by atoms with van der Waals surface area (Å²) in [6.07, 6.45) is 0. The number of benzene rings is 1. The fraction of sp³-hybridized carbons (Fsp3) is 0. The van der Waals surface area contributed by atoms with Gasteiger partial charge < -0.3 is 9.90 Å². The van der Waals surface area contributed by atoms with Gasteiger partial charge >= 0.3 is 0 Å². The van der Waals surface area contributed by atoms with Crippen molar-refractivity contribution in [1.82, 2.24) is 10.9 Å². The molecular weight excluding hydrogens is 280 g/mol. The summed E-state index contributed by atoms with van der Waals surface area (Å²) in [5, 5.41) is 12.6. The van der Waals surface area contributed by atoms with E-state index in [9.17, 15) is 19.5 Å². The van der Waals surface area contributed by atoms with E-state index >= 15 is 0 Å². The number of hydrogen-bond donors (Lipinski definition) is 2. The maximum Gasteiger partial charge on any atom is 0.279 e. The molecule has 0 aliphatic heterocycles. The van der Waals surface area contributed by atoms with Crippen LogP contribution in [0.15, 0.2) is 41.8 Å². The Balaban J connectivity index is 2.06. The number of nitrogens with one attached hydrogen (secondary N) is 2. The minimum absolute atomic E-state index is 0.0843. The van der Waals surface area contributed by atoms with Crippen molar-refractivity contribution < 1.29 is 19.5 Å². The van der Waals surface area contributed by atoms with Crippen molar-refractivity contribution >= 4 is 29.1 Å². The third-order valence-electron chi connectivity index (χ3n) is 2.43. The molecular formula is C13H9N2O4S-. The molecule has 0 radical (unpaired) electrons. The fourth-order valence-electron chi connectivity index (χ4n) is 1.51. The molecule has 2 N–H and O–H groups in total. The first-order valence-corrected chi connectivity index (χ1v) is 6.42. The molecule has 1 aromatic carbocycles. The van der Waals surface area contributed by atoms with Gasteiger partial charge in [-0.15, -0.1) is 11.3 Å². The second-order valence-electron chi connectivity index (χ2n) is 3.72. The van der Waals surface area contributed by atoms with Gasteiger partial charge in [-0.1, -0.05) is 24.3 Å². The molecule has 1 heterocycles. The molecule has 0 spiro atoms. The van der Waals surface area contributed by atoms with E-state index in [1.165, 1.54) is 35.6 Å². The van der Waals surface area contributed by atoms with Crippen molar-refractivity contribution in [3.05, 3.63) is 57.8 Å². The van der Waals surface area contributed by atoms with Gasteiger partial charge in [0.25, 0.3) is 11.8 Å². The highest BCUT2D eigenvalue weighted by Crippen LogP contribution is 2.08. The topological polar surface area (TPSA) is 98.3 Å². The van der Waals surface area contributed by atoms with E-state index in [0.717, 1.165) is 0 Å². The summed E-state index contributed by atoms with van der Waals surface area (Å²) < 4.78 is 0. The summed E-state index contributed by atoms with van der Waals surface area (Å²) in [5.74, 6) is -2.66. The number of aromatic carboxylic acids is 1. The quantitative estimate of drug-likeness (QED) is 0.788. The van der Waals surface area contributed by atoms with Crippen LogP contribution in [0.2, 0.25) is 0 Å². The zero-order valence-electron chi connectivity index (χ0n) is 10.1. The van der Waals surface area contributed by atoms with Crippen LogP contribution in [0.3, 0.4) is 0 Å². The third kappa shape index (κ3) is 3.01. The number of carbonyl (C=O) groups excluding carboxylic acids is 3. The molecule has 20 heavy (non-hydrogen) atoms. The molecule has 0 fully saturated rings. The standard InChI is InChI=1S/C13H10N2O4S/c16-11(8-4-1-2-5-9(8)13(18)19)14-15-12(17)10-6-3-7-20-10/h1-7H,(H,14,16)(H,15,17)(H,18,19)/p-1. The van der Waals surface area contributed by atoms with E-state index in [1.54, 1.807) is 17.5 Å². The summed E-state index contributed by atoms with van der Waals surface area (Å²) >= 11 is 1.22. The highest BCUT2D eigenvalue weighted by atomic mass is 32.1. The zero-order valence-corrected chi connectivity index (χ0v) is 10.9. The Bertz CT molecular complexity index is 652. The zero-order chi connectivity index (χ0) is 14.5. The highest BCUT2D eigenvalue weighted by molar-refractivity contribution is 7.12. The first kappa shape index (κ1) is 13.8. The summed E-state index contributed by atoms with van der Waals surface area (Å²) in [6, 6.07) is 8.88. The van der Waals surface area contributed by atoms with Gasteiger partial charge in [-0.3, -0.25) is 20.4 Å². The van der Waals surface area contributed by atoms with Crippen molar-refractivity contribution in [3.63, 3.8) is 0 Å². The minimum Gasteiger partial charge on any atom is -0.545 e. The lowest BCUT2D eigenvalue weighted by atomic mass is 10.1. The molecule has 0 saturated heterocycles. The van der Waals surface area contributed by atoms with E-state index in [0.29, 0.717) is 4.88 Å². The average molecular weight is 289 g/mol.